The van der Waals surface area contributed by atoms with Crippen LogP contribution in [0.5, 0.6) is 0 Å². The highest BCUT2D eigenvalue weighted by atomic mass is 16.5. The molecular formula is C15H22N2O3. The van der Waals surface area contributed by atoms with E-state index in [4.69, 9.17) is 10.5 Å². The van der Waals surface area contributed by atoms with Crippen LogP contribution >= 0.6 is 0 Å². The van der Waals surface area contributed by atoms with E-state index in [1.54, 1.807) is 6.07 Å². The number of rotatable bonds is 4. The molecule has 1 heterocycles. The van der Waals surface area contributed by atoms with Crippen molar-refractivity contribution < 1.29 is 14.6 Å². The molecule has 1 fully saturated rings. The van der Waals surface area contributed by atoms with Gasteiger partial charge in [0.25, 0.3) is 0 Å². The van der Waals surface area contributed by atoms with Gasteiger partial charge in [-0.05, 0) is 43.4 Å². The number of hydrogen-bond acceptors (Lipinski definition) is 4. The molecular weight excluding hydrogens is 256 g/mol. The van der Waals surface area contributed by atoms with E-state index in [-0.39, 0.29) is 5.56 Å². The van der Waals surface area contributed by atoms with Gasteiger partial charge in [0.1, 0.15) is 0 Å². The third kappa shape index (κ3) is 3.22. The Bertz CT molecular complexity index is 496. The minimum absolute atomic E-state index is 0.173. The number of nitrogens with zero attached hydrogens (tertiary/aromatic N) is 1. The fourth-order valence-corrected chi connectivity index (χ4v) is 2.62. The maximum Gasteiger partial charge on any atom is 0.337 e. The third-order valence-corrected chi connectivity index (χ3v) is 3.83. The Morgan fingerprint density at radius 2 is 2.30 bits per heavy atom. The average molecular weight is 278 g/mol. The van der Waals surface area contributed by atoms with Crippen molar-refractivity contribution in [3.05, 3.63) is 23.3 Å². The Kier molecular flexibility index (Phi) is 4.49. The molecule has 0 saturated carbocycles. The maximum absolute atomic E-state index is 11.2. The van der Waals surface area contributed by atoms with Gasteiger partial charge < -0.3 is 20.5 Å². The lowest BCUT2D eigenvalue weighted by Gasteiger charge is -2.29. The molecule has 5 nitrogen and oxygen atoms in total. The van der Waals surface area contributed by atoms with Crippen molar-refractivity contribution in [3.63, 3.8) is 0 Å². The number of benzene rings is 1. The summed E-state index contributed by atoms with van der Waals surface area (Å²) < 4.78 is 5.48. The van der Waals surface area contributed by atoms with Gasteiger partial charge in [0, 0.05) is 31.6 Å². The summed E-state index contributed by atoms with van der Waals surface area (Å²) >= 11 is 0. The van der Waals surface area contributed by atoms with Crippen LogP contribution in [0.15, 0.2) is 12.1 Å². The van der Waals surface area contributed by atoms with Crippen LogP contribution in [-0.2, 0) is 4.74 Å². The Balaban J connectivity index is 2.16. The first-order valence-electron chi connectivity index (χ1n) is 6.91. The van der Waals surface area contributed by atoms with Crippen LogP contribution in [-0.4, -0.2) is 37.9 Å². The number of carbonyl (C=O) groups is 1. The normalized spacial score (nSPS) is 18.8. The van der Waals surface area contributed by atoms with Crippen LogP contribution in [0.4, 0.5) is 11.4 Å². The van der Waals surface area contributed by atoms with Crippen LogP contribution in [0, 0.1) is 12.8 Å². The Morgan fingerprint density at radius 3 is 2.90 bits per heavy atom. The first-order valence-corrected chi connectivity index (χ1v) is 6.91. The van der Waals surface area contributed by atoms with Crippen LogP contribution in [0.25, 0.3) is 0 Å². The molecule has 1 aromatic carbocycles. The number of anilines is 2. The summed E-state index contributed by atoms with van der Waals surface area (Å²) in [6.45, 7) is 4.33. The molecule has 1 atom stereocenters. The molecule has 0 aromatic heterocycles. The SMILES string of the molecule is Cc1cc(N(C)CC2CCCOC2)cc(C(=O)O)c1N. The van der Waals surface area contributed by atoms with Gasteiger partial charge in [0.15, 0.2) is 0 Å². The van der Waals surface area contributed by atoms with E-state index in [0.717, 1.165) is 43.9 Å². The van der Waals surface area contributed by atoms with Crippen molar-refractivity contribution in [2.45, 2.75) is 19.8 Å². The summed E-state index contributed by atoms with van der Waals surface area (Å²) in [6.07, 6.45) is 2.25. The number of aromatic carboxylic acids is 1. The summed E-state index contributed by atoms with van der Waals surface area (Å²) in [4.78, 5) is 13.3. The number of hydrogen-bond donors (Lipinski definition) is 2. The molecule has 1 aliphatic rings. The zero-order valence-electron chi connectivity index (χ0n) is 12.1. The van der Waals surface area contributed by atoms with E-state index in [1.807, 2.05) is 20.0 Å². The molecule has 1 aromatic rings. The summed E-state index contributed by atoms with van der Waals surface area (Å²) in [5.74, 6) is -0.485. The van der Waals surface area contributed by atoms with Crippen molar-refractivity contribution in [1.82, 2.24) is 0 Å². The zero-order valence-corrected chi connectivity index (χ0v) is 12.1. The maximum atomic E-state index is 11.2. The largest absolute Gasteiger partial charge is 0.478 e. The third-order valence-electron chi connectivity index (χ3n) is 3.83. The highest BCUT2D eigenvalue weighted by molar-refractivity contribution is 5.95. The highest BCUT2D eigenvalue weighted by Crippen LogP contribution is 2.26. The average Bonchev–Trinajstić information content (AvgIpc) is 2.42. The van der Waals surface area contributed by atoms with Crippen LogP contribution < -0.4 is 10.6 Å². The van der Waals surface area contributed by atoms with Gasteiger partial charge in [-0.3, -0.25) is 0 Å². The van der Waals surface area contributed by atoms with Crippen LogP contribution in [0.2, 0.25) is 0 Å². The van der Waals surface area contributed by atoms with E-state index in [2.05, 4.69) is 4.90 Å². The Labute approximate surface area is 119 Å². The zero-order chi connectivity index (χ0) is 14.7. The summed E-state index contributed by atoms with van der Waals surface area (Å²) in [7, 11) is 1.98. The summed E-state index contributed by atoms with van der Waals surface area (Å²) in [5.41, 5.74) is 8.02. The molecule has 110 valence electrons. The van der Waals surface area contributed by atoms with Gasteiger partial charge >= 0.3 is 5.97 Å². The molecule has 2 rings (SSSR count). The van der Waals surface area contributed by atoms with Gasteiger partial charge in [0.05, 0.1) is 12.2 Å². The number of carboxylic acid groups (broad SMARTS) is 1. The molecule has 0 spiro atoms. The molecule has 20 heavy (non-hydrogen) atoms. The first-order chi connectivity index (χ1) is 9.49. The lowest BCUT2D eigenvalue weighted by atomic mass is 10.0. The lowest BCUT2D eigenvalue weighted by molar-refractivity contribution is 0.0576. The molecule has 0 radical (unpaired) electrons. The Morgan fingerprint density at radius 1 is 1.55 bits per heavy atom. The van der Waals surface area contributed by atoms with E-state index in [1.165, 1.54) is 0 Å². The lowest BCUT2D eigenvalue weighted by Crippen LogP contribution is -2.31. The van der Waals surface area contributed by atoms with Gasteiger partial charge in [-0.1, -0.05) is 0 Å². The second kappa shape index (κ2) is 6.13. The quantitative estimate of drug-likeness (QED) is 0.825. The Hall–Kier alpha value is -1.75. The minimum Gasteiger partial charge on any atom is -0.478 e. The number of nitrogen functional groups attached to an aromatic ring is 1. The number of ether oxygens (including phenoxy) is 1. The number of aryl methyl sites for hydroxylation is 1. The molecule has 0 bridgehead atoms. The second-order valence-electron chi connectivity index (χ2n) is 5.49. The van der Waals surface area contributed by atoms with Crippen molar-refractivity contribution in [2.24, 2.45) is 5.92 Å². The molecule has 1 aliphatic heterocycles. The highest BCUT2D eigenvalue weighted by Gasteiger charge is 2.18. The molecule has 3 N–H and O–H groups in total. The van der Waals surface area contributed by atoms with E-state index >= 15 is 0 Å². The predicted molar refractivity (Wildman–Crippen MR) is 79.4 cm³/mol. The van der Waals surface area contributed by atoms with Gasteiger partial charge in [0.2, 0.25) is 0 Å². The van der Waals surface area contributed by atoms with E-state index < -0.39 is 5.97 Å². The van der Waals surface area contributed by atoms with Crippen molar-refractivity contribution in [1.29, 1.82) is 0 Å². The predicted octanol–water partition coefficient (Wildman–Crippen LogP) is 2.14. The minimum atomic E-state index is -0.984. The van der Waals surface area contributed by atoms with Gasteiger partial charge in [-0.25, -0.2) is 4.79 Å². The fraction of sp³-hybridized carbons (Fsp3) is 0.533. The van der Waals surface area contributed by atoms with Crippen molar-refractivity contribution in [2.75, 3.05) is 37.4 Å². The van der Waals surface area contributed by atoms with Gasteiger partial charge in [-0.2, -0.15) is 0 Å². The molecule has 0 amide bonds. The fourth-order valence-electron chi connectivity index (χ4n) is 2.62. The summed E-state index contributed by atoms with van der Waals surface area (Å²) in [6, 6.07) is 3.58. The molecule has 0 aliphatic carbocycles. The van der Waals surface area contributed by atoms with Crippen LogP contribution in [0.3, 0.4) is 0 Å². The smallest absolute Gasteiger partial charge is 0.337 e. The van der Waals surface area contributed by atoms with Crippen molar-refractivity contribution >= 4 is 17.3 Å². The topological polar surface area (TPSA) is 75.8 Å². The van der Waals surface area contributed by atoms with Crippen LogP contribution in [0.1, 0.15) is 28.8 Å². The molecule has 5 heteroatoms. The standard InChI is InChI=1S/C15H22N2O3/c1-10-6-12(7-13(14(10)16)15(18)19)17(2)8-11-4-3-5-20-9-11/h6-7,11H,3-5,8-9,16H2,1-2H3,(H,18,19). The van der Waals surface area contributed by atoms with Crippen molar-refractivity contribution in [3.8, 4) is 0 Å². The number of nitrogens with two attached hydrogens (primary N) is 1. The van der Waals surface area contributed by atoms with E-state index in [9.17, 15) is 9.90 Å². The van der Waals surface area contributed by atoms with E-state index in [0.29, 0.717) is 11.6 Å². The molecule has 1 saturated heterocycles. The number of carboxylic acids is 1. The monoisotopic (exact) mass is 278 g/mol. The molecule has 1 unspecified atom stereocenters. The van der Waals surface area contributed by atoms with Gasteiger partial charge in [-0.15, -0.1) is 0 Å². The second-order valence-corrected chi connectivity index (χ2v) is 5.49. The summed E-state index contributed by atoms with van der Waals surface area (Å²) in [5, 5.41) is 9.20. The first kappa shape index (κ1) is 14.7.